The van der Waals surface area contributed by atoms with E-state index in [-0.39, 0.29) is 17.8 Å². The van der Waals surface area contributed by atoms with Crippen LogP contribution in [0.3, 0.4) is 0 Å². The van der Waals surface area contributed by atoms with Crippen molar-refractivity contribution in [2.75, 3.05) is 5.32 Å². The van der Waals surface area contributed by atoms with Crippen LogP contribution in [-0.2, 0) is 9.59 Å². The minimum absolute atomic E-state index is 0.00752. The van der Waals surface area contributed by atoms with Gasteiger partial charge in [-0.1, -0.05) is 0 Å². The van der Waals surface area contributed by atoms with Gasteiger partial charge in [-0.3, -0.25) is 9.59 Å². The van der Waals surface area contributed by atoms with Gasteiger partial charge in [0.2, 0.25) is 0 Å². The third kappa shape index (κ3) is 4.22. The van der Waals surface area contributed by atoms with Gasteiger partial charge in [-0.05, 0) is 37.8 Å². The van der Waals surface area contributed by atoms with Crippen molar-refractivity contribution in [2.24, 2.45) is 0 Å². The quantitative estimate of drug-likeness (QED) is 0.721. The molecule has 21 heavy (non-hydrogen) atoms. The molecular formula is C14H16F2N2O3. The lowest BCUT2D eigenvalue weighted by molar-refractivity contribution is -0.136. The molecule has 1 fully saturated rings. The molecule has 1 aromatic carbocycles. The maximum Gasteiger partial charge on any atom is 0.313 e. The van der Waals surface area contributed by atoms with Crippen LogP contribution < -0.4 is 10.6 Å². The lowest BCUT2D eigenvalue weighted by atomic mass is 9.93. The Morgan fingerprint density at radius 1 is 1.05 bits per heavy atom. The smallest absolute Gasteiger partial charge is 0.313 e. The van der Waals surface area contributed by atoms with E-state index in [0.717, 1.165) is 12.1 Å². The second-order valence-corrected chi connectivity index (χ2v) is 5.06. The largest absolute Gasteiger partial charge is 0.393 e. The molecule has 3 N–H and O–H groups in total. The topological polar surface area (TPSA) is 78.4 Å². The number of nitrogens with one attached hydrogen (secondary N) is 2. The Morgan fingerprint density at radius 3 is 2.33 bits per heavy atom. The van der Waals surface area contributed by atoms with Crippen molar-refractivity contribution in [2.45, 2.75) is 37.8 Å². The molecule has 114 valence electrons. The van der Waals surface area contributed by atoms with Crippen molar-refractivity contribution in [3.8, 4) is 0 Å². The Labute approximate surface area is 120 Å². The summed E-state index contributed by atoms with van der Waals surface area (Å²) in [7, 11) is 0. The van der Waals surface area contributed by atoms with E-state index in [2.05, 4.69) is 10.6 Å². The second-order valence-electron chi connectivity index (χ2n) is 5.06. The molecule has 0 heterocycles. The van der Waals surface area contributed by atoms with Gasteiger partial charge in [0.15, 0.2) is 11.6 Å². The van der Waals surface area contributed by atoms with E-state index < -0.39 is 23.4 Å². The van der Waals surface area contributed by atoms with Gasteiger partial charge < -0.3 is 15.7 Å². The van der Waals surface area contributed by atoms with Gasteiger partial charge in [0.1, 0.15) is 0 Å². The second kappa shape index (κ2) is 6.62. The third-order valence-electron chi connectivity index (χ3n) is 3.42. The van der Waals surface area contributed by atoms with Crippen LogP contribution in [0.5, 0.6) is 0 Å². The molecule has 7 heteroatoms. The van der Waals surface area contributed by atoms with Crippen LogP contribution in [0.25, 0.3) is 0 Å². The maximum atomic E-state index is 13.0. The Morgan fingerprint density at radius 2 is 1.71 bits per heavy atom. The number of rotatable bonds is 2. The van der Waals surface area contributed by atoms with Gasteiger partial charge in [0.25, 0.3) is 0 Å². The zero-order valence-corrected chi connectivity index (χ0v) is 11.2. The third-order valence-corrected chi connectivity index (χ3v) is 3.42. The van der Waals surface area contributed by atoms with E-state index >= 15 is 0 Å². The Kier molecular flexibility index (Phi) is 4.85. The van der Waals surface area contributed by atoms with Crippen LogP contribution in [0.4, 0.5) is 14.5 Å². The fourth-order valence-corrected chi connectivity index (χ4v) is 2.23. The molecule has 0 saturated heterocycles. The number of carbonyl (C=O) groups excluding carboxylic acids is 2. The first-order valence-electron chi connectivity index (χ1n) is 6.70. The molecule has 2 rings (SSSR count). The average molecular weight is 298 g/mol. The predicted molar refractivity (Wildman–Crippen MR) is 71.4 cm³/mol. The fourth-order valence-electron chi connectivity index (χ4n) is 2.23. The predicted octanol–water partition coefficient (Wildman–Crippen LogP) is 1.32. The molecule has 0 unspecified atom stereocenters. The summed E-state index contributed by atoms with van der Waals surface area (Å²) >= 11 is 0. The highest BCUT2D eigenvalue weighted by molar-refractivity contribution is 6.39. The van der Waals surface area contributed by atoms with Gasteiger partial charge in [-0.2, -0.15) is 0 Å². The molecule has 2 amide bonds. The molecule has 1 aromatic rings. The highest BCUT2D eigenvalue weighted by atomic mass is 19.2. The van der Waals surface area contributed by atoms with Crippen LogP contribution >= 0.6 is 0 Å². The van der Waals surface area contributed by atoms with Crippen LogP contribution in [0, 0.1) is 11.6 Å². The minimum Gasteiger partial charge on any atom is -0.393 e. The zero-order valence-electron chi connectivity index (χ0n) is 11.2. The summed E-state index contributed by atoms with van der Waals surface area (Å²) in [5.74, 6) is -3.90. The summed E-state index contributed by atoms with van der Waals surface area (Å²) in [5.41, 5.74) is 0.00752. The van der Waals surface area contributed by atoms with Crippen LogP contribution in [-0.4, -0.2) is 29.1 Å². The van der Waals surface area contributed by atoms with E-state index in [4.69, 9.17) is 0 Å². The first-order chi connectivity index (χ1) is 9.95. The van der Waals surface area contributed by atoms with Crippen molar-refractivity contribution in [3.05, 3.63) is 29.8 Å². The monoisotopic (exact) mass is 298 g/mol. The summed E-state index contributed by atoms with van der Waals surface area (Å²) in [5, 5.41) is 14.1. The van der Waals surface area contributed by atoms with Gasteiger partial charge in [-0.25, -0.2) is 8.78 Å². The molecule has 0 atom stereocenters. The highest BCUT2D eigenvalue weighted by Gasteiger charge is 2.23. The number of aliphatic hydroxyl groups is 1. The van der Waals surface area contributed by atoms with Gasteiger partial charge in [0.05, 0.1) is 6.10 Å². The highest BCUT2D eigenvalue weighted by Crippen LogP contribution is 2.18. The molecule has 1 aliphatic carbocycles. The molecule has 1 aliphatic rings. The van der Waals surface area contributed by atoms with Crippen LogP contribution in [0.1, 0.15) is 25.7 Å². The lowest BCUT2D eigenvalue weighted by Gasteiger charge is -2.25. The van der Waals surface area contributed by atoms with E-state index in [0.29, 0.717) is 25.7 Å². The standard InChI is InChI=1S/C14H16F2N2O3/c15-11-6-3-9(7-12(11)16)18-14(21)13(20)17-8-1-4-10(19)5-2-8/h3,6-8,10,19H,1-2,4-5H2,(H,17,20)(H,18,21). The molecular weight excluding hydrogens is 282 g/mol. The molecule has 1 saturated carbocycles. The Bertz CT molecular complexity index is 543. The Hall–Kier alpha value is -2.02. The van der Waals surface area contributed by atoms with Crippen molar-refractivity contribution in [1.29, 1.82) is 0 Å². The number of amides is 2. The van der Waals surface area contributed by atoms with Crippen molar-refractivity contribution in [3.63, 3.8) is 0 Å². The van der Waals surface area contributed by atoms with Crippen molar-refractivity contribution < 1.29 is 23.5 Å². The van der Waals surface area contributed by atoms with Gasteiger partial charge in [-0.15, -0.1) is 0 Å². The normalized spacial score (nSPS) is 21.7. The van der Waals surface area contributed by atoms with E-state index in [1.165, 1.54) is 6.07 Å². The summed E-state index contributed by atoms with van der Waals surface area (Å²) in [6.45, 7) is 0. The maximum absolute atomic E-state index is 13.0. The summed E-state index contributed by atoms with van der Waals surface area (Å²) < 4.78 is 25.7. The zero-order chi connectivity index (χ0) is 15.4. The number of hydrogen-bond acceptors (Lipinski definition) is 3. The number of halogens is 2. The molecule has 0 aliphatic heterocycles. The summed E-state index contributed by atoms with van der Waals surface area (Å²) in [6.07, 6.45) is 2.01. The van der Waals surface area contributed by atoms with E-state index in [9.17, 15) is 23.5 Å². The van der Waals surface area contributed by atoms with Crippen LogP contribution in [0.2, 0.25) is 0 Å². The lowest BCUT2D eigenvalue weighted by Crippen LogP contribution is -2.43. The van der Waals surface area contributed by atoms with E-state index in [1.807, 2.05) is 0 Å². The molecule has 0 spiro atoms. The number of anilines is 1. The van der Waals surface area contributed by atoms with Crippen molar-refractivity contribution in [1.82, 2.24) is 5.32 Å². The van der Waals surface area contributed by atoms with Gasteiger partial charge in [0, 0.05) is 17.8 Å². The van der Waals surface area contributed by atoms with Gasteiger partial charge >= 0.3 is 11.8 Å². The first kappa shape index (κ1) is 15.4. The number of carbonyl (C=O) groups is 2. The molecule has 0 bridgehead atoms. The Balaban J connectivity index is 1.87. The fraction of sp³-hybridized carbons (Fsp3) is 0.429. The number of hydrogen-bond donors (Lipinski definition) is 3. The first-order valence-corrected chi connectivity index (χ1v) is 6.70. The minimum atomic E-state index is -1.10. The number of aliphatic hydroxyl groups excluding tert-OH is 1. The molecule has 0 aromatic heterocycles. The number of benzene rings is 1. The summed E-state index contributed by atoms with van der Waals surface area (Å²) in [6, 6.07) is 2.68. The SMILES string of the molecule is O=C(Nc1ccc(F)c(F)c1)C(=O)NC1CCC(O)CC1. The molecule has 5 nitrogen and oxygen atoms in total. The van der Waals surface area contributed by atoms with Crippen molar-refractivity contribution >= 4 is 17.5 Å². The molecule has 0 radical (unpaired) electrons. The van der Waals surface area contributed by atoms with E-state index in [1.54, 1.807) is 0 Å². The van der Waals surface area contributed by atoms with Crippen LogP contribution in [0.15, 0.2) is 18.2 Å². The average Bonchev–Trinajstić information content (AvgIpc) is 2.45. The summed E-state index contributed by atoms with van der Waals surface area (Å²) in [4.78, 5) is 23.4.